The number of amides is 2. The summed E-state index contributed by atoms with van der Waals surface area (Å²) in [7, 11) is 5.07. The van der Waals surface area contributed by atoms with Crippen LogP contribution in [0, 0.1) is 0 Å². The molecule has 0 saturated carbocycles. The van der Waals surface area contributed by atoms with Crippen molar-refractivity contribution in [1.82, 2.24) is 14.5 Å². The van der Waals surface area contributed by atoms with Gasteiger partial charge in [0.2, 0.25) is 5.91 Å². The highest BCUT2D eigenvalue weighted by atomic mass is 32.2. The van der Waals surface area contributed by atoms with Gasteiger partial charge < -0.3 is 19.5 Å². The number of anilines is 1. The van der Waals surface area contributed by atoms with E-state index in [4.69, 9.17) is 4.74 Å². The van der Waals surface area contributed by atoms with Crippen LogP contribution in [0.25, 0.3) is 11.0 Å². The highest BCUT2D eigenvalue weighted by molar-refractivity contribution is 7.99. The van der Waals surface area contributed by atoms with E-state index in [0.717, 1.165) is 16.2 Å². The largest absolute Gasteiger partial charge is 0.383 e. The van der Waals surface area contributed by atoms with Crippen molar-refractivity contribution in [2.24, 2.45) is 0 Å². The molecule has 3 aromatic rings. The number of ether oxygens (including phenoxy) is 1. The Kier molecular flexibility index (Phi) is 6.90. The maximum atomic E-state index is 12.4. The van der Waals surface area contributed by atoms with E-state index in [0.29, 0.717) is 24.4 Å². The smallest absolute Gasteiger partial charge is 0.253 e. The van der Waals surface area contributed by atoms with Crippen LogP contribution in [-0.2, 0) is 16.1 Å². The summed E-state index contributed by atoms with van der Waals surface area (Å²) in [6, 6.07) is 14.8. The SMILES string of the molecule is COCCn1c(SCC(=O)Nc2ccc(C(=O)N(C)C)cc2)nc2ccccc21. The topological polar surface area (TPSA) is 76.5 Å². The summed E-state index contributed by atoms with van der Waals surface area (Å²) in [5.74, 6) is 0.0229. The number of nitrogens with zero attached hydrogens (tertiary/aromatic N) is 3. The molecule has 2 aromatic carbocycles. The molecule has 29 heavy (non-hydrogen) atoms. The van der Waals surface area contributed by atoms with Crippen molar-refractivity contribution < 1.29 is 14.3 Å². The Balaban J connectivity index is 1.64. The molecular formula is C21H24N4O3S. The molecule has 0 bridgehead atoms. The fourth-order valence-electron chi connectivity index (χ4n) is 2.84. The number of fused-ring (bicyclic) bond motifs is 1. The van der Waals surface area contributed by atoms with Gasteiger partial charge in [0, 0.05) is 39.0 Å². The number of benzene rings is 2. The van der Waals surface area contributed by atoms with Crippen LogP contribution in [0.1, 0.15) is 10.4 Å². The van der Waals surface area contributed by atoms with E-state index in [9.17, 15) is 9.59 Å². The number of imidazole rings is 1. The zero-order valence-electron chi connectivity index (χ0n) is 16.7. The van der Waals surface area contributed by atoms with Gasteiger partial charge in [0.1, 0.15) is 0 Å². The third kappa shape index (κ3) is 5.16. The Morgan fingerprint density at radius 2 is 1.86 bits per heavy atom. The predicted octanol–water partition coefficient (Wildman–Crippen LogP) is 3.12. The van der Waals surface area contributed by atoms with E-state index in [1.165, 1.54) is 16.7 Å². The lowest BCUT2D eigenvalue weighted by Crippen LogP contribution is -2.21. The lowest BCUT2D eigenvalue weighted by Gasteiger charge is -2.11. The second-order valence-corrected chi connectivity index (χ2v) is 7.58. The first-order chi connectivity index (χ1) is 14.0. The Morgan fingerprint density at radius 1 is 1.14 bits per heavy atom. The van der Waals surface area contributed by atoms with Gasteiger partial charge in [-0.25, -0.2) is 4.98 Å². The van der Waals surface area contributed by atoms with Gasteiger partial charge in [-0.05, 0) is 36.4 Å². The number of thioether (sulfide) groups is 1. The molecule has 2 amide bonds. The average Bonchev–Trinajstić information content (AvgIpc) is 3.08. The number of methoxy groups -OCH3 is 1. The van der Waals surface area contributed by atoms with Gasteiger partial charge in [0.05, 0.1) is 23.4 Å². The standard InChI is InChI=1S/C21H24N4O3S/c1-24(2)20(27)15-8-10-16(11-9-15)22-19(26)14-29-21-23-17-6-4-5-7-18(17)25(21)12-13-28-3/h4-11H,12-14H2,1-3H3,(H,22,26). The van der Waals surface area contributed by atoms with E-state index in [1.807, 2.05) is 24.3 Å². The first kappa shape index (κ1) is 20.9. The number of hydrogen-bond donors (Lipinski definition) is 1. The van der Waals surface area contributed by atoms with Crippen LogP contribution >= 0.6 is 11.8 Å². The van der Waals surface area contributed by atoms with Crippen LogP contribution < -0.4 is 5.32 Å². The van der Waals surface area contributed by atoms with Crippen molar-refractivity contribution in [2.75, 3.05) is 38.9 Å². The normalized spacial score (nSPS) is 10.9. The van der Waals surface area contributed by atoms with Gasteiger partial charge in [-0.15, -0.1) is 0 Å². The zero-order chi connectivity index (χ0) is 20.8. The Hall–Kier alpha value is -2.84. The van der Waals surface area contributed by atoms with Gasteiger partial charge in [0.25, 0.3) is 5.91 Å². The molecular weight excluding hydrogens is 388 g/mol. The number of nitrogens with one attached hydrogen (secondary N) is 1. The summed E-state index contributed by atoms with van der Waals surface area (Å²) >= 11 is 1.39. The lowest BCUT2D eigenvalue weighted by atomic mass is 10.2. The summed E-state index contributed by atoms with van der Waals surface area (Å²) in [5.41, 5.74) is 3.15. The minimum Gasteiger partial charge on any atom is -0.383 e. The summed E-state index contributed by atoms with van der Waals surface area (Å²) in [6.07, 6.45) is 0. The number of carbonyl (C=O) groups is 2. The summed E-state index contributed by atoms with van der Waals surface area (Å²) < 4.78 is 7.27. The lowest BCUT2D eigenvalue weighted by molar-refractivity contribution is -0.113. The number of aromatic nitrogens is 2. The fraction of sp³-hybridized carbons (Fsp3) is 0.286. The fourth-order valence-corrected chi connectivity index (χ4v) is 3.68. The second kappa shape index (κ2) is 9.58. The molecule has 0 atom stereocenters. The van der Waals surface area contributed by atoms with E-state index < -0.39 is 0 Å². The van der Waals surface area contributed by atoms with Gasteiger partial charge in [-0.2, -0.15) is 0 Å². The van der Waals surface area contributed by atoms with Crippen molar-refractivity contribution in [3.8, 4) is 0 Å². The first-order valence-corrected chi connectivity index (χ1v) is 10.2. The van der Waals surface area contributed by atoms with E-state index in [-0.39, 0.29) is 17.6 Å². The molecule has 1 aromatic heterocycles. The number of carbonyl (C=O) groups excluding carboxylic acids is 2. The number of para-hydroxylation sites is 2. The molecule has 7 nitrogen and oxygen atoms in total. The van der Waals surface area contributed by atoms with Crippen LogP contribution in [-0.4, -0.2) is 59.8 Å². The van der Waals surface area contributed by atoms with Crippen LogP contribution in [0.5, 0.6) is 0 Å². The van der Waals surface area contributed by atoms with Crippen LogP contribution in [0.4, 0.5) is 5.69 Å². The molecule has 0 unspecified atom stereocenters. The third-order valence-corrected chi connectivity index (χ3v) is 5.27. The maximum Gasteiger partial charge on any atom is 0.253 e. The molecule has 8 heteroatoms. The van der Waals surface area contributed by atoms with Crippen LogP contribution in [0.2, 0.25) is 0 Å². The summed E-state index contributed by atoms with van der Waals surface area (Å²) in [5, 5.41) is 3.64. The van der Waals surface area contributed by atoms with Gasteiger partial charge in [-0.1, -0.05) is 23.9 Å². The zero-order valence-corrected chi connectivity index (χ0v) is 17.5. The molecule has 0 aliphatic carbocycles. The predicted molar refractivity (Wildman–Crippen MR) is 115 cm³/mol. The molecule has 1 N–H and O–H groups in total. The monoisotopic (exact) mass is 412 g/mol. The van der Waals surface area contributed by atoms with E-state index in [2.05, 4.69) is 14.9 Å². The Labute approximate surface area is 174 Å². The van der Waals surface area contributed by atoms with Gasteiger partial charge in [-0.3, -0.25) is 9.59 Å². The molecule has 0 aliphatic heterocycles. The molecule has 0 saturated heterocycles. The molecule has 1 heterocycles. The van der Waals surface area contributed by atoms with Gasteiger partial charge in [0.15, 0.2) is 5.16 Å². The number of hydrogen-bond acceptors (Lipinski definition) is 5. The number of rotatable bonds is 8. The summed E-state index contributed by atoms with van der Waals surface area (Å²) in [4.78, 5) is 30.5. The maximum absolute atomic E-state index is 12.4. The highest BCUT2D eigenvalue weighted by Crippen LogP contribution is 2.24. The van der Waals surface area contributed by atoms with Crippen LogP contribution in [0.3, 0.4) is 0 Å². The molecule has 3 rings (SSSR count). The Morgan fingerprint density at radius 3 is 2.55 bits per heavy atom. The van der Waals surface area contributed by atoms with Crippen molar-refractivity contribution >= 4 is 40.3 Å². The minimum atomic E-state index is -0.132. The average molecular weight is 413 g/mol. The van der Waals surface area contributed by atoms with E-state index in [1.54, 1.807) is 45.5 Å². The highest BCUT2D eigenvalue weighted by Gasteiger charge is 2.13. The molecule has 0 spiro atoms. The van der Waals surface area contributed by atoms with Crippen LogP contribution in [0.15, 0.2) is 53.7 Å². The molecule has 0 radical (unpaired) electrons. The molecule has 152 valence electrons. The Bertz CT molecular complexity index is 999. The summed E-state index contributed by atoms with van der Waals surface area (Å²) in [6.45, 7) is 1.24. The second-order valence-electron chi connectivity index (χ2n) is 6.64. The molecule has 0 fully saturated rings. The van der Waals surface area contributed by atoms with Crippen molar-refractivity contribution in [3.05, 3.63) is 54.1 Å². The van der Waals surface area contributed by atoms with Crippen molar-refractivity contribution in [3.63, 3.8) is 0 Å². The van der Waals surface area contributed by atoms with Crippen molar-refractivity contribution in [2.45, 2.75) is 11.7 Å². The molecule has 0 aliphatic rings. The first-order valence-electron chi connectivity index (χ1n) is 9.18. The van der Waals surface area contributed by atoms with Gasteiger partial charge >= 0.3 is 0 Å². The minimum absolute atomic E-state index is 0.0756. The van der Waals surface area contributed by atoms with E-state index >= 15 is 0 Å². The van der Waals surface area contributed by atoms with Crippen molar-refractivity contribution in [1.29, 1.82) is 0 Å². The quantitative estimate of drug-likeness (QED) is 0.576. The third-order valence-electron chi connectivity index (χ3n) is 4.29.